The maximum absolute atomic E-state index is 15.0. The van der Waals surface area contributed by atoms with E-state index < -0.39 is 37.1 Å². The van der Waals surface area contributed by atoms with Crippen molar-refractivity contribution in [1.82, 2.24) is 4.72 Å². The average Bonchev–Trinajstić information content (AvgIpc) is 3.05. The molecule has 24 heavy (non-hydrogen) atoms. The van der Waals surface area contributed by atoms with Crippen LogP contribution in [0.5, 0.6) is 0 Å². The lowest BCUT2D eigenvalue weighted by atomic mass is 10.2. The molecule has 1 aromatic carbocycles. The zero-order valence-corrected chi connectivity index (χ0v) is 15.2. The second kappa shape index (κ2) is 7.16. The number of nitrogens with one attached hydrogen (secondary N) is 1. The Labute approximate surface area is 143 Å². The molecule has 0 spiro atoms. The van der Waals surface area contributed by atoms with E-state index in [2.05, 4.69) is 4.72 Å². The van der Waals surface area contributed by atoms with Gasteiger partial charge >= 0.3 is 0 Å². The lowest BCUT2D eigenvalue weighted by molar-refractivity contribution is 0.318. The van der Waals surface area contributed by atoms with Crippen molar-refractivity contribution in [2.45, 2.75) is 42.0 Å². The third-order valence-corrected chi connectivity index (χ3v) is 6.64. The lowest BCUT2D eigenvalue weighted by Gasteiger charge is -2.25. The van der Waals surface area contributed by atoms with E-state index in [4.69, 9.17) is 4.42 Å². The van der Waals surface area contributed by atoms with Crippen LogP contribution >= 0.6 is 0 Å². The van der Waals surface area contributed by atoms with Crippen molar-refractivity contribution in [3.05, 3.63) is 54.5 Å². The summed E-state index contributed by atoms with van der Waals surface area (Å²) in [6, 6.07) is 8.90. The van der Waals surface area contributed by atoms with E-state index in [-0.39, 0.29) is 10.7 Å². The number of benzene rings is 1. The maximum atomic E-state index is 15.0. The Morgan fingerprint density at radius 3 is 2.25 bits per heavy atom. The van der Waals surface area contributed by atoms with E-state index in [1.165, 1.54) is 42.7 Å². The van der Waals surface area contributed by atoms with E-state index in [1.54, 1.807) is 26.8 Å². The van der Waals surface area contributed by atoms with Crippen LogP contribution in [-0.2, 0) is 20.8 Å². The van der Waals surface area contributed by atoms with Crippen molar-refractivity contribution < 1.29 is 21.4 Å². The monoisotopic (exact) mass is 373 g/mol. The first-order chi connectivity index (χ1) is 11.1. The van der Waals surface area contributed by atoms with Gasteiger partial charge < -0.3 is 4.42 Å². The van der Waals surface area contributed by atoms with Crippen molar-refractivity contribution in [3.63, 3.8) is 0 Å². The fourth-order valence-electron chi connectivity index (χ4n) is 1.92. The summed E-state index contributed by atoms with van der Waals surface area (Å²) >= 11 is 0. The smallest absolute Gasteiger partial charge is 0.228 e. The summed E-state index contributed by atoms with van der Waals surface area (Å²) in [5, 5.41) is 0. The molecule has 2 aromatic rings. The van der Waals surface area contributed by atoms with E-state index in [9.17, 15) is 17.0 Å². The van der Waals surface area contributed by atoms with Gasteiger partial charge in [-0.05, 0) is 45.0 Å². The Bertz CT molecular complexity index is 783. The minimum Gasteiger partial charge on any atom is -0.468 e. The first kappa shape index (κ1) is 18.8. The van der Waals surface area contributed by atoms with E-state index in [0.29, 0.717) is 0 Å². The van der Waals surface area contributed by atoms with Gasteiger partial charge in [0, 0.05) is 0 Å². The largest absolute Gasteiger partial charge is 0.468 e. The SMILES string of the molecule is CC(C)(C)[S@@](=O)N[C@H](c1ccco1)C(F)S(=O)(=O)c1ccccc1. The molecule has 1 N–H and O–H groups in total. The topological polar surface area (TPSA) is 76.4 Å². The third-order valence-electron chi connectivity index (χ3n) is 3.27. The maximum Gasteiger partial charge on any atom is 0.228 e. The van der Waals surface area contributed by atoms with E-state index >= 15 is 0 Å². The zero-order chi connectivity index (χ0) is 18.0. The number of rotatable bonds is 6. The lowest BCUT2D eigenvalue weighted by Crippen LogP contribution is -2.41. The fraction of sp³-hybridized carbons (Fsp3) is 0.375. The minimum atomic E-state index is -4.28. The molecule has 0 saturated heterocycles. The number of alkyl halides is 1. The fourth-order valence-corrected chi connectivity index (χ4v) is 4.18. The van der Waals surface area contributed by atoms with Gasteiger partial charge in [0.25, 0.3) is 0 Å². The van der Waals surface area contributed by atoms with Gasteiger partial charge in [-0.25, -0.2) is 21.7 Å². The summed E-state index contributed by atoms with van der Waals surface area (Å²) in [5.41, 5.74) is -2.35. The summed E-state index contributed by atoms with van der Waals surface area (Å²) in [4.78, 5) is -0.141. The summed E-state index contributed by atoms with van der Waals surface area (Å²) in [6.07, 6.45) is 1.31. The Morgan fingerprint density at radius 1 is 1.12 bits per heavy atom. The van der Waals surface area contributed by atoms with Crippen LogP contribution in [-0.4, -0.2) is 22.9 Å². The molecule has 8 heteroatoms. The Balaban J connectivity index is 2.39. The van der Waals surface area contributed by atoms with Gasteiger partial charge in [-0.2, -0.15) is 0 Å². The second-order valence-corrected chi connectivity index (χ2v) is 10.2. The molecule has 0 amide bonds. The molecule has 5 nitrogen and oxygen atoms in total. The highest BCUT2D eigenvalue weighted by molar-refractivity contribution is 7.92. The molecule has 0 aliphatic rings. The first-order valence-corrected chi connectivity index (χ1v) is 9.98. The summed E-state index contributed by atoms with van der Waals surface area (Å²) in [5.74, 6) is 0.0691. The molecule has 0 aliphatic heterocycles. The quantitative estimate of drug-likeness (QED) is 0.844. The van der Waals surface area contributed by atoms with Crippen LogP contribution < -0.4 is 4.72 Å². The van der Waals surface area contributed by atoms with Crippen LogP contribution in [0.15, 0.2) is 58.0 Å². The molecule has 1 unspecified atom stereocenters. The van der Waals surface area contributed by atoms with Crippen molar-refractivity contribution in [2.75, 3.05) is 0 Å². The first-order valence-electron chi connectivity index (χ1n) is 7.28. The standard InChI is InChI=1S/C16H20FNO4S2/c1-16(2,3)23(19)18-14(13-10-7-11-22-13)15(17)24(20,21)12-8-5-4-6-9-12/h4-11,14-15,18H,1-3H3/t14-,15?,23-/m1/s1. The van der Waals surface area contributed by atoms with Crippen molar-refractivity contribution in [2.24, 2.45) is 0 Å². The molecule has 1 aromatic heterocycles. The zero-order valence-electron chi connectivity index (χ0n) is 13.6. The molecule has 1 heterocycles. The Morgan fingerprint density at radius 2 is 1.75 bits per heavy atom. The molecule has 3 atom stereocenters. The predicted octanol–water partition coefficient (Wildman–Crippen LogP) is 3.14. The van der Waals surface area contributed by atoms with Gasteiger partial charge in [0.2, 0.25) is 15.3 Å². The van der Waals surface area contributed by atoms with Gasteiger partial charge in [-0.3, -0.25) is 0 Å². The number of halogens is 1. The van der Waals surface area contributed by atoms with Gasteiger partial charge in [0.05, 0.1) is 26.9 Å². The van der Waals surface area contributed by atoms with Crippen LogP contribution in [0.1, 0.15) is 32.6 Å². The molecule has 0 fully saturated rings. The van der Waals surface area contributed by atoms with Gasteiger partial charge in [-0.1, -0.05) is 18.2 Å². The van der Waals surface area contributed by atoms with Gasteiger partial charge in [0.15, 0.2) is 0 Å². The normalized spacial score (nSPS) is 16.5. The van der Waals surface area contributed by atoms with E-state index in [1.807, 2.05) is 0 Å². The van der Waals surface area contributed by atoms with Crippen molar-refractivity contribution >= 4 is 20.8 Å². The van der Waals surface area contributed by atoms with Crippen LogP contribution in [0.3, 0.4) is 0 Å². The Hall–Kier alpha value is -1.51. The summed E-state index contributed by atoms with van der Waals surface area (Å²) in [7, 11) is -5.96. The van der Waals surface area contributed by atoms with Gasteiger partial charge in [-0.15, -0.1) is 0 Å². The van der Waals surface area contributed by atoms with Crippen LogP contribution in [0.25, 0.3) is 0 Å². The molecular formula is C16H20FNO4S2. The molecule has 2 rings (SSSR count). The molecule has 0 saturated carbocycles. The average molecular weight is 373 g/mol. The predicted molar refractivity (Wildman–Crippen MR) is 91.0 cm³/mol. The second-order valence-electron chi connectivity index (χ2n) is 6.20. The Kier molecular flexibility index (Phi) is 5.62. The number of sulfone groups is 1. The summed E-state index contributed by atoms with van der Waals surface area (Å²) in [6.45, 7) is 5.11. The molecule has 0 radical (unpaired) electrons. The highest BCUT2D eigenvalue weighted by Crippen LogP contribution is 2.30. The number of hydrogen-bond acceptors (Lipinski definition) is 4. The molecule has 0 bridgehead atoms. The minimum absolute atomic E-state index is 0.0691. The van der Waals surface area contributed by atoms with Gasteiger partial charge in [0.1, 0.15) is 11.8 Å². The summed E-state index contributed by atoms with van der Waals surface area (Å²) < 4.78 is 59.4. The highest BCUT2D eigenvalue weighted by Gasteiger charge is 2.39. The highest BCUT2D eigenvalue weighted by atomic mass is 32.2. The number of hydrogen-bond donors (Lipinski definition) is 1. The molecular weight excluding hydrogens is 353 g/mol. The van der Waals surface area contributed by atoms with E-state index in [0.717, 1.165) is 0 Å². The number of furan rings is 1. The van der Waals surface area contributed by atoms with Crippen molar-refractivity contribution in [1.29, 1.82) is 0 Å². The van der Waals surface area contributed by atoms with Crippen LogP contribution in [0.4, 0.5) is 4.39 Å². The van der Waals surface area contributed by atoms with Crippen LogP contribution in [0, 0.1) is 0 Å². The third kappa shape index (κ3) is 4.12. The molecule has 132 valence electrons. The molecule has 0 aliphatic carbocycles. The van der Waals surface area contributed by atoms with Crippen molar-refractivity contribution in [3.8, 4) is 0 Å². The van der Waals surface area contributed by atoms with Crippen LogP contribution in [0.2, 0.25) is 0 Å².